The summed E-state index contributed by atoms with van der Waals surface area (Å²) in [6.07, 6.45) is 4.20. The number of aromatic nitrogens is 2. The fourth-order valence-corrected chi connectivity index (χ4v) is 1.75. The van der Waals surface area contributed by atoms with E-state index < -0.39 is 0 Å². The molecule has 2 N–H and O–H groups in total. The van der Waals surface area contributed by atoms with Crippen LogP contribution in [-0.4, -0.2) is 16.7 Å². The number of hydrogen-bond donors (Lipinski definition) is 2. The molecule has 1 aromatic rings. The van der Waals surface area contributed by atoms with Crippen molar-refractivity contribution < 1.29 is 0 Å². The zero-order valence-electron chi connectivity index (χ0n) is 8.35. The highest BCUT2D eigenvalue weighted by Gasteiger charge is 2.17. The Morgan fingerprint density at radius 2 is 2.23 bits per heavy atom. The summed E-state index contributed by atoms with van der Waals surface area (Å²) in [5, 5.41) is 10.6. The molecule has 0 bridgehead atoms. The van der Waals surface area contributed by atoms with E-state index in [1.54, 1.807) is 0 Å². The van der Waals surface area contributed by atoms with Crippen molar-refractivity contribution in [2.45, 2.75) is 33.1 Å². The van der Waals surface area contributed by atoms with Crippen molar-refractivity contribution in [2.75, 3.05) is 11.9 Å². The second-order valence-corrected chi connectivity index (χ2v) is 3.99. The van der Waals surface area contributed by atoms with Gasteiger partial charge in [0.15, 0.2) is 0 Å². The third kappa shape index (κ3) is 1.69. The monoisotopic (exact) mass is 179 g/mol. The molecular formula is C10H17N3. The van der Waals surface area contributed by atoms with Gasteiger partial charge in [0, 0.05) is 6.54 Å². The standard InChI is InChI=1S/C10H17N3/c1-7-10(8(2)13-12-7)11-6-9-4-3-5-9/h9,11H,3-6H2,1-2H3,(H,12,13). The predicted octanol–water partition coefficient (Wildman–Crippen LogP) is 2.24. The van der Waals surface area contributed by atoms with Gasteiger partial charge in [-0.25, -0.2) is 0 Å². The van der Waals surface area contributed by atoms with Crippen LogP contribution in [0, 0.1) is 19.8 Å². The molecule has 1 heterocycles. The summed E-state index contributed by atoms with van der Waals surface area (Å²) in [4.78, 5) is 0. The zero-order valence-corrected chi connectivity index (χ0v) is 8.35. The average molecular weight is 179 g/mol. The first kappa shape index (κ1) is 8.60. The number of hydrogen-bond acceptors (Lipinski definition) is 2. The summed E-state index contributed by atoms with van der Waals surface area (Å²) < 4.78 is 0. The molecule has 1 aliphatic rings. The van der Waals surface area contributed by atoms with Gasteiger partial charge in [-0.05, 0) is 32.6 Å². The third-order valence-electron chi connectivity index (χ3n) is 2.92. The van der Waals surface area contributed by atoms with Crippen LogP contribution in [0.1, 0.15) is 30.7 Å². The fraction of sp³-hybridized carbons (Fsp3) is 0.700. The van der Waals surface area contributed by atoms with Crippen molar-refractivity contribution in [2.24, 2.45) is 5.92 Å². The van der Waals surface area contributed by atoms with Gasteiger partial charge in [0.1, 0.15) is 0 Å². The molecule has 1 fully saturated rings. The maximum absolute atomic E-state index is 4.15. The minimum Gasteiger partial charge on any atom is -0.382 e. The van der Waals surface area contributed by atoms with Gasteiger partial charge < -0.3 is 5.32 Å². The predicted molar refractivity (Wildman–Crippen MR) is 53.9 cm³/mol. The first-order valence-electron chi connectivity index (χ1n) is 5.03. The SMILES string of the molecule is Cc1n[nH]c(C)c1NCC1CCC1. The molecule has 3 heteroatoms. The van der Waals surface area contributed by atoms with E-state index in [0.29, 0.717) is 0 Å². The lowest BCUT2D eigenvalue weighted by molar-refractivity contribution is 0.333. The van der Waals surface area contributed by atoms with E-state index in [0.717, 1.165) is 23.9 Å². The van der Waals surface area contributed by atoms with E-state index in [1.807, 2.05) is 6.92 Å². The van der Waals surface area contributed by atoms with E-state index in [9.17, 15) is 0 Å². The molecule has 2 rings (SSSR count). The van der Waals surface area contributed by atoms with Crippen molar-refractivity contribution >= 4 is 5.69 Å². The van der Waals surface area contributed by atoms with Crippen molar-refractivity contribution in [1.29, 1.82) is 0 Å². The number of aryl methyl sites for hydroxylation is 2. The summed E-state index contributed by atoms with van der Waals surface area (Å²) in [5.41, 5.74) is 3.43. The number of nitrogens with one attached hydrogen (secondary N) is 2. The molecule has 0 aliphatic heterocycles. The van der Waals surface area contributed by atoms with Crippen molar-refractivity contribution in [3.05, 3.63) is 11.4 Å². The highest BCUT2D eigenvalue weighted by molar-refractivity contribution is 5.51. The molecule has 1 aromatic heterocycles. The highest BCUT2D eigenvalue weighted by Crippen LogP contribution is 2.27. The summed E-state index contributed by atoms with van der Waals surface area (Å²) in [6, 6.07) is 0. The van der Waals surface area contributed by atoms with Gasteiger partial charge in [-0.3, -0.25) is 5.10 Å². The van der Waals surface area contributed by atoms with E-state index in [1.165, 1.54) is 24.9 Å². The molecule has 0 saturated heterocycles. The van der Waals surface area contributed by atoms with Gasteiger partial charge >= 0.3 is 0 Å². The Hall–Kier alpha value is -0.990. The summed E-state index contributed by atoms with van der Waals surface area (Å²) >= 11 is 0. The molecule has 0 spiro atoms. The average Bonchev–Trinajstić information content (AvgIpc) is 2.32. The Bertz CT molecular complexity index is 267. The lowest BCUT2D eigenvalue weighted by Gasteiger charge is -2.25. The summed E-state index contributed by atoms with van der Waals surface area (Å²) in [7, 11) is 0. The number of nitrogens with zero attached hydrogens (tertiary/aromatic N) is 1. The van der Waals surface area contributed by atoms with Gasteiger partial charge in [-0.15, -0.1) is 0 Å². The molecule has 0 atom stereocenters. The van der Waals surface area contributed by atoms with Gasteiger partial charge in [0.25, 0.3) is 0 Å². The van der Waals surface area contributed by atoms with Crippen LogP contribution in [-0.2, 0) is 0 Å². The quantitative estimate of drug-likeness (QED) is 0.747. The molecule has 0 aromatic carbocycles. The van der Waals surface area contributed by atoms with Crippen LogP contribution >= 0.6 is 0 Å². The van der Waals surface area contributed by atoms with E-state index in [-0.39, 0.29) is 0 Å². The smallest absolute Gasteiger partial charge is 0.0825 e. The minimum atomic E-state index is 0.897. The number of anilines is 1. The Morgan fingerprint density at radius 1 is 1.46 bits per heavy atom. The lowest BCUT2D eigenvalue weighted by Crippen LogP contribution is -2.21. The number of rotatable bonds is 3. The number of H-pyrrole nitrogens is 1. The second-order valence-electron chi connectivity index (χ2n) is 3.99. The first-order valence-corrected chi connectivity index (χ1v) is 5.03. The molecule has 0 radical (unpaired) electrons. The topological polar surface area (TPSA) is 40.7 Å². The van der Waals surface area contributed by atoms with Crippen LogP contribution in [0.5, 0.6) is 0 Å². The largest absolute Gasteiger partial charge is 0.382 e. The van der Waals surface area contributed by atoms with Crippen LogP contribution < -0.4 is 5.32 Å². The van der Waals surface area contributed by atoms with Gasteiger partial charge in [0.05, 0.1) is 17.1 Å². The second kappa shape index (κ2) is 3.40. The van der Waals surface area contributed by atoms with Crippen LogP contribution in [0.2, 0.25) is 0 Å². The molecule has 1 saturated carbocycles. The highest BCUT2D eigenvalue weighted by atomic mass is 15.1. The maximum atomic E-state index is 4.15. The van der Waals surface area contributed by atoms with Crippen LogP contribution in [0.4, 0.5) is 5.69 Å². The van der Waals surface area contributed by atoms with Crippen molar-refractivity contribution in [3.63, 3.8) is 0 Å². The molecule has 0 unspecified atom stereocenters. The molecular weight excluding hydrogens is 162 g/mol. The number of aromatic amines is 1. The summed E-state index contributed by atoms with van der Waals surface area (Å²) in [6.45, 7) is 5.21. The molecule has 0 amide bonds. The molecule has 1 aliphatic carbocycles. The zero-order chi connectivity index (χ0) is 9.26. The molecule has 3 nitrogen and oxygen atoms in total. The Morgan fingerprint density at radius 3 is 2.69 bits per heavy atom. The van der Waals surface area contributed by atoms with E-state index >= 15 is 0 Å². The fourth-order valence-electron chi connectivity index (χ4n) is 1.75. The minimum absolute atomic E-state index is 0.897. The van der Waals surface area contributed by atoms with Crippen LogP contribution in [0.3, 0.4) is 0 Å². The molecule has 13 heavy (non-hydrogen) atoms. The summed E-state index contributed by atoms with van der Waals surface area (Å²) in [5.74, 6) is 0.897. The van der Waals surface area contributed by atoms with Gasteiger partial charge in [-0.1, -0.05) is 6.42 Å². The Kier molecular flexibility index (Phi) is 2.25. The maximum Gasteiger partial charge on any atom is 0.0825 e. The van der Waals surface area contributed by atoms with Crippen molar-refractivity contribution in [1.82, 2.24) is 10.2 Å². The molecule has 72 valence electrons. The lowest BCUT2D eigenvalue weighted by atomic mass is 9.85. The van der Waals surface area contributed by atoms with Gasteiger partial charge in [-0.2, -0.15) is 5.10 Å². The first-order chi connectivity index (χ1) is 6.27. The van der Waals surface area contributed by atoms with Crippen LogP contribution in [0.15, 0.2) is 0 Å². The third-order valence-corrected chi connectivity index (χ3v) is 2.92. The normalized spacial score (nSPS) is 17.1. The van der Waals surface area contributed by atoms with Gasteiger partial charge in [0.2, 0.25) is 0 Å². The van der Waals surface area contributed by atoms with E-state index in [4.69, 9.17) is 0 Å². The Balaban J connectivity index is 1.92. The Labute approximate surface area is 78.9 Å². The van der Waals surface area contributed by atoms with Crippen molar-refractivity contribution in [3.8, 4) is 0 Å². The van der Waals surface area contributed by atoms with Crippen LogP contribution in [0.25, 0.3) is 0 Å². The van der Waals surface area contributed by atoms with E-state index in [2.05, 4.69) is 22.4 Å².